The van der Waals surface area contributed by atoms with Crippen LogP contribution in [-0.4, -0.2) is 57.7 Å². The molecule has 1 saturated heterocycles. The largest absolute Gasteiger partial charge is 0.391 e. The summed E-state index contributed by atoms with van der Waals surface area (Å²) in [4.78, 5) is 20.9. The summed E-state index contributed by atoms with van der Waals surface area (Å²) in [5.41, 5.74) is 2.67. The van der Waals surface area contributed by atoms with Crippen LogP contribution in [0.25, 0.3) is 5.57 Å². The Bertz CT molecular complexity index is 584. The van der Waals surface area contributed by atoms with Crippen molar-refractivity contribution in [3.05, 3.63) is 34.0 Å². The van der Waals surface area contributed by atoms with Crippen LogP contribution in [0.5, 0.6) is 0 Å². The van der Waals surface area contributed by atoms with Crippen molar-refractivity contribution in [2.75, 3.05) is 31.6 Å². The number of nitrogens with one attached hydrogen (secondary N) is 1. The van der Waals surface area contributed by atoms with Gasteiger partial charge in [-0.1, -0.05) is 6.08 Å². The van der Waals surface area contributed by atoms with Gasteiger partial charge in [0.25, 0.3) is 5.56 Å². The van der Waals surface area contributed by atoms with Gasteiger partial charge in [-0.25, -0.2) is 4.98 Å². The lowest BCUT2D eigenvalue weighted by molar-refractivity contribution is 0.151. The van der Waals surface area contributed by atoms with E-state index in [9.17, 15) is 9.90 Å². The van der Waals surface area contributed by atoms with Gasteiger partial charge in [0.1, 0.15) is 0 Å². The van der Waals surface area contributed by atoms with Gasteiger partial charge in [0.15, 0.2) is 0 Å². The number of fused-ring (bicyclic) bond motifs is 1. The van der Waals surface area contributed by atoms with Gasteiger partial charge in [-0.2, -0.15) is 11.8 Å². The summed E-state index contributed by atoms with van der Waals surface area (Å²) in [6, 6.07) is 0. The lowest BCUT2D eigenvalue weighted by atomic mass is 10.1. The summed E-state index contributed by atoms with van der Waals surface area (Å²) in [7, 11) is 0. The summed E-state index contributed by atoms with van der Waals surface area (Å²) in [6.07, 6.45) is 6.05. The number of H-pyrrole nitrogens is 1. The molecule has 0 spiro atoms. The highest BCUT2D eigenvalue weighted by Crippen LogP contribution is 2.27. The molecule has 1 aliphatic heterocycles. The highest BCUT2D eigenvalue weighted by molar-refractivity contribution is 7.98. The Labute approximate surface area is 122 Å². The topological polar surface area (TPSA) is 69.2 Å². The molecule has 2 heterocycles. The van der Waals surface area contributed by atoms with Crippen LogP contribution < -0.4 is 5.56 Å². The molecule has 1 fully saturated rings. The van der Waals surface area contributed by atoms with Crippen molar-refractivity contribution in [1.82, 2.24) is 14.9 Å². The van der Waals surface area contributed by atoms with Crippen molar-refractivity contribution >= 4 is 17.3 Å². The molecule has 0 aromatic carbocycles. The Morgan fingerprint density at radius 2 is 2.40 bits per heavy atom. The molecule has 5 nitrogen and oxygen atoms in total. The number of aromatic nitrogens is 2. The zero-order valence-electron chi connectivity index (χ0n) is 11.5. The van der Waals surface area contributed by atoms with Gasteiger partial charge in [0.2, 0.25) is 0 Å². The normalized spacial score (nSPS) is 25.8. The Morgan fingerprint density at radius 1 is 1.55 bits per heavy atom. The number of rotatable bonds is 4. The van der Waals surface area contributed by atoms with Crippen molar-refractivity contribution in [1.29, 1.82) is 0 Å². The van der Waals surface area contributed by atoms with Crippen LogP contribution in [0.4, 0.5) is 0 Å². The molecule has 1 unspecified atom stereocenters. The summed E-state index contributed by atoms with van der Waals surface area (Å²) in [5, 5.41) is 10.1. The molecule has 2 atom stereocenters. The van der Waals surface area contributed by atoms with E-state index in [1.807, 2.05) is 0 Å². The summed E-state index contributed by atoms with van der Waals surface area (Å²) in [6.45, 7) is 2.39. The zero-order chi connectivity index (χ0) is 14.1. The van der Waals surface area contributed by atoms with Crippen LogP contribution in [0, 0.1) is 5.92 Å². The molecule has 1 aromatic rings. The fourth-order valence-corrected chi connectivity index (χ4v) is 3.80. The van der Waals surface area contributed by atoms with E-state index in [0.717, 1.165) is 35.7 Å². The number of allylic oxidation sites excluding steroid dienone is 1. The molecular weight excluding hydrogens is 274 g/mol. The van der Waals surface area contributed by atoms with Crippen LogP contribution in [-0.2, 0) is 6.42 Å². The van der Waals surface area contributed by atoms with Crippen molar-refractivity contribution < 1.29 is 5.11 Å². The quantitative estimate of drug-likeness (QED) is 0.839. The minimum Gasteiger partial charge on any atom is -0.391 e. The van der Waals surface area contributed by atoms with Gasteiger partial charge in [-0.3, -0.25) is 9.69 Å². The Morgan fingerprint density at radius 3 is 3.20 bits per heavy atom. The van der Waals surface area contributed by atoms with E-state index in [0.29, 0.717) is 18.9 Å². The maximum atomic E-state index is 11.7. The second-order valence-electron chi connectivity index (χ2n) is 5.47. The third kappa shape index (κ3) is 2.55. The average molecular weight is 293 g/mol. The van der Waals surface area contributed by atoms with Gasteiger partial charge < -0.3 is 10.1 Å². The SMILES string of the molecule is CSC[C@H]1CN(CC2=CCc3c2nc[nH]c3=O)CC1O. The number of aromatic amines is 1. The molecule has 1 aliphatic carbocycles. The number of nitrogens with zero attached hydrogens (tertiary/aromatic N) is 2. The third-order valence-electron chi connectivity index (χ3n) is 4.06. The number of hydrogen-bond donors (Lipinski definition) is 2. The van der Waals surface area contributed by atoms with Crippen LogP contribution in [0.1, 0.15) is 11.3 Å². The van der Waals surface area contributed by atoms with Gasteiger partial charge in [0, 0.05) is 31.1 Å². The van der Waals surface area contributed by atoms with Crippen molar-refractivity contribution in [3.63, 3.8) is 0 Å². The molecule has 0 bridgehead atoms. The van der Waals surface area contributed by atoms with Crippen LogP contribution in [0.2, 0.25) is 0 Å². The molecule has 2 N–H and O–H groups in total. The molecule has 1 aromatic heterocycles. The molecular formula is C14H19N3O2S. The maximum absolute atomic E-state index is 11.7. The molecule has 0 saturated carbocycles. The monoisotopic (exact) mass is 293 g/mol. The minimum atomic E-state index is -0.240. The van der Waals surface area contributed by atoms with Crippen LogP contribution in [0.3, 0.4) is 0 Å². The predicted octanol–water partition coefficient (Wildman–Crippen LogP) is 0.365. The molecule has 6 heteroatoms. The number of β-amino-alcohol motifs (C(OH)–C–C–N with tert-alkyl or cyclic N) is 1. The number of thioether (sulfide) groups is 1. The van der Waals surface area contributed by atoms with E-state index in [4.69, 9.17) is 0 Å². The Balaban J connectivity index is 1.70. The summed E-state index contributed by atoms with van der Waals surface area (Å²) >= 11 is 1.78. The van der Waals surface area contributed by atoms with Gasteiger partial charge in [0.05, 0.1) is 18.1 Å². The second-order valence-corrected chi connectivity index (χ2v) is 6.38. The van der Waals surface area contributed by atoms with E-state index >= 15 is 0 Å². The smallest absolute Gasteiger partial charge is 0.254 e. The fraction of sp³-hybridized carbons (Fsp3) is 0.571. The lowest BCUT2D eigenvalue weighted by Crippen LogP contribution is -2.24. The van der Waals surface area contributed by atoms with E-state index < -0.39 is 0 Å². The van der Waals surface area contributed by atoms with E-state index in [1.54, 1.807) is 11.8 Å². The van der Waals surface area contributed by atoms with Gasteiger partial charge in [-0.15, -0.1) is 0 Å². The van der Waals surface area contributed by atoms with Gasteiger partial charge in [-0.05, 0) is 24.0 Å². The standard InChI is InChI=1S/C14H19N3O2S/c1-20-7-10-5-17(6-12(10)18)4-9-2-3-11-13(9)15-8-16-14(11)19/h2,8,10,12,18H,3-7H2,1H3,(H,15,16,19)/t10-,12?/m1/s1. The van der Waals surface area contributed by atoms with Crippen LogP contribution in [0.15, 0.2) is 17.2 Å². The van der Waals surface area contributed by atoms with Crippen molar-refractivity contribution in [3.8, 4) is 0 Å². The number of likely N-dealkylation sites (tertiary alicyclic amines) is 1. The second kappa shape index (κ2) is 5.71. The first-order chi connectivity index (χ1) is 9.69. The summed E-state index contributed by atoms with van der Waals surface area (Å²) < 4.78 is 0. The average Bonchev–Trinajstić information content (AvgIpc) is 2.97. The van der Waals surface area contributed by atoms with Gasteiger partial charge >= 0.3 is 0 Å². The van der Waals surface area contributed by atoms with Crippen molar-refractivity contribution in [2.24, 2.45) is 5.92 Å². The minimum absolute atomic E-state index is 0.0389. The summed E-state index contributed by atoms with van der Waals surface area (Å²) in [5.74, 6) is 1.34. The first-order valence-corrected chi connectivity index (χ1v) is 8.23. The Kier molecular flexibility index (Phi) is 3.96. The molecule has 20 heavy (non-hydrogen) atoms. The molecule has 0 radical (unpaired) electrons. The van der Waals surface area contributed by atoms with E-state index in [-0.39, 0.29) is 11.7 Å². The third-order valence-corrected chi connectivity index (χ3v) is 4.82. The zero-order valence-corrected chi connectivity index (χ0v) is 12.3. The van der Waals surface area contributed by atoms with E-state index in [1.165, 1.54) is 6.33 Å². The van der Waals surface area contributed by atoms with Crippen molar-refractivity contribution in [2.45, 2.75) is 12.5 Å². The molecule has 2 aliphatic rings. The highest BCUT2D eigenvalue weighted by Gasteiger charge is 2.32. The molecule has 108 valence electrons. The Hall–Kier alpha value is -1.11. The van der Waals surface area contributed by atoms with Crippen LogP contribution >= 0.6 is 11.8 Å². The fourth-order valence-electron chi connectivity index (χ4n) is 3.04. The highest BCUT2D eigenvalue weighted by atomic mass is 32.2. The lowest BCUT2D eigenvalue weighted by Gasteiger charge is -2.16. The predicted molar refractivity (Wildman–Crippen MR) is 80.9 cm³/mol. The van der Waals surface area contributed by atoms with E-state index in [2.05, 4.69) is 27.2 Å². The number of hydrogen-bond acceptors (Lipinski definition) is 5. The first kappa shape index (κ1) is 13.9. The number of aliphatic hydroxyl groups is 1. The molecule has 0 amide bonds. The number of aliphatic hydroxyl groups excluding tert-OH is 1. The molecule has 3 rings (SSSR count). The maximum Gasteiger partial charge on any atom is 0.254 e. The first-order valence-electron chi connectivity index (χ1n) is 6.84.